The number of anilines is 1. The van der Waals surface area contributed by atoms with Crippen molar-refractivity contribution in [3.05, 3.63) is 52.4 Å². The zero-order valence-corrected chi connectivity index (χ0v) is 13.2. The normalized spacial score (nSPS) is 10.6. The van der Waals surface area contributed by atoms with E-state index in [0.29, 0.717) is 17.9 Å². The summed E-state index contributed by atoms with van der Waals surface area (Å²) in [6, 6.07) is 7.58. The number of amides is 1. The molecule has 0 aliphatic rings. The van der Waals surface area contributed by atoms with Crippen LogP contribution in [0.25, 0.3) is 0 Å². The molecule has 112 valence electrons. The summed E-state index contributed by atoms with van der Waals surface area (Å²) in [5.74, 6) is 0.806. The van der Waals surface area contributed by atoms with Gasteiger partial charge in [0.25, 0.3) is 0 Å². The highest BCUT2D eigenvalue weighted by atomic mass is 35.5. The van der Waals surface area contributed by atoms with E-state index in [2.05, 4.69) is 12.2 Å². The summed E-state index contributed by atoms with van der Waals surface area (Å²) >= 11 is 6.23. The van der Waals surface area contributed by atoms with Gasteiger partial charge in [-0.1, -0.05) is 31.5 Å². The van der Waals surface area contributed by atoms with Crippen molar-refractivity contribution in [2.45, 2.75) is 39.5 Å². The maximum atomic E-state index is 12.2. The average molecular weight is 306 g/mol. The van der Waals surface area contributed by atoms with Crippen molar-refractivity contribution in [1.82, 2.24) is 0 Å². The number of carbonyl (C=O) groups excluding carboxylic acids is 1. The molecular formula is C17H20ClNO2. The van der Waals surface area contributed by atoms with Crippen molar-refractivity contribution in [2.75, 3.05) is 5.32 Å². The fourth-order valence-corrected chi connectivity index (χ4v) is 2.65. The van der Waals surface area contributed by atoms with Gasteiger partial charge in [-0.05, 0) is 42.2 Å². The molecule has 0 radical (unpaired) electrons. The van der Waals surface area contributed by atoms with Crippen LogP contribution in [0, 0.1) is 0 Å². The van der Waals surface area contributed by atoms with E-state index in [1.165, 1.54) is 0 Å². The summed E-state index contributed by atoms with van der Waals surface area (Å²) in [5, 5.41) is 3.72. The predicted octanol–water partition coefficient (Wildman–Crippen LogP) is 4.63. The van der Waals surface area contributed by atoms with E-state index in [1.807, 2.05) is 31.2 Å². The molecule has 0 spiro atoms. The monoisotopic (exact) mass is 305 g/mol. The molecule has 3 nitrogen and oxygen atoms in total. The molecule has 1 amide bonds. The molecular weight excluding hydrogens is 286 g/mol. The molecule has 2 rings (SSSR count). The number of rotatable bonds is 6. The van der Waals surface area contributed by atoms with Gasteiger partial charge in [-0.15, -0.1) is 0 Å². The minimum absolute atomic E-state index is 0.0157. The van der Waals surface area contributed by atoms with E-state index >= 15 is 0 Å². The number of furan rings is 1. The van der Waals surface area contributed by atoms with Gasteiger partial charge < -0.3 is 9.73 Å². The second kappa shape index (κ2) is 7.32. The lowest BCUT2D eigenvalue weighted by molar-refractivity contribution is -0.116. The second-order valence-corrected chi connectivity index (χ2v) is 5.30. The molecule has 1 N–H and O–H groups in total. The molecule has 1 heterocycles. The topological polar surface area (TPSA) is 42.2 Å². The molecule has 0 unspecified atom stereocenters. The van der Waals surface area contributed by atoms with Crippen LogP contribution in [-0.4, -0.2) is 5.91 Å². The van der Waals surface area contributed by atoms with Crippen molar-refractivity contribution in [2.24, 2.45) is 0 Å². The van der Waals surface area contributed by atoms with Crippen LogP contribution >= 0.6 is 11.6 Å². The summed E-state index contributed by atoms with van der Waals surface area (Å²) in [6.07, 6.45) is 4.27. The highest BCUT2D eigenvalue weighted by molar-refractivity contribution is 6.32. The molecule has 0 aliphatic heterocycles. The van der Waals surface area contributed by atoms with E-state index < -0.39 is 0 Å². The zero-order valence-electron chi connectivity index (χ0n) is 12.4. The summed E-state index contributed by atoms with van der Waals surface area (Å²) in [6.45, 7) is 4.11. The number of nitrogens with one attached hydrogen (secondary N) is 1. The van der Waals surface area contributed by atoms with Gasteiger partial charge in [-0.3, -0.25) is 4.79 Å². The van der Waals surface area contributed by atoms with Gasteiger partial charge in [0.05, 0.1) is 6.26 Å². The Labute approximate surface area is 130 Å². The lowest BCUT2D eigenvalue weighted by Crippen LogP contribution is -2.15. The summed E-state index contributed by atoms with van der Waals surface area (Å²) in [7, 11) is 0. The molecule has 0 atom stereocenters. The third kappa shape index (κ3) is 3.88. The summed E-state index contributed by atoms with van der Waals surface area (Å²) < 4.78 is 5.24. The highest BCUT2D eigenvalue weighted by Crippen LogP contribution is 2.29. The molecule has 21 heavy (non-hydrogen) atoms. The summed E-state index contributed by atoms with van der Waals surface area (Å²) in [4.78, 5) is 12.2. The molecule has 1 aromatic heterocycles. The maximum Gasteiger partial charge on any atom is 0.224 e. The first kappa shape index (κ1) is 15.6. The van der Waals surface area contributed by atoms with Gasteiger partial charge in [0.1, 0.15) is 5.76 Å². The fraction of sp³-hybridized carbons (Fsp3) is 0.353. The first-order valence-corrected chi connectivity index (χ1v) is 7.66. The van der Waals surface area contributed by atoms with Crippen molar-refractivity contribution in [1.29, 1.82) is 0 Å². The number of benzene rings is 1. The Balaban J connectivity index is 2.10. The van der Waals surface area contributed by atoms with E-state index in [1.54, 1.807) is 6.26 Å². The van der Waals surface area contributed by atoms with Gasteiger partial charge in [-0.25, -0.2) is 0 Å². The van der Waals surface area contributed by atoms with Crippen molar-refractivity contribution >= 4 is 23.2 Å². The Bertz CT molecular complexity index is 606. The van der Waals surface area contributed by atoms with Crippen LogP contribution in [0.2, 0.25) is 5.02 Å². The maximum absolute atomic E-state index is 12.2. The van der Waals surface area contributed by atoms with Crippen LogP contribution in [0.15, 0.2) is 34.9 Å². The van der Waals surface area contributed by atoms with Gasteiger partial charge in [0.15, 0.2) is 0 Å². The minimum Gasteiger partial charge on any atom is -0.469 e. The molecule has 0 aliphatic carbocycles. The van der Waals surface area contributed by atoms with E-state index in [-0.39, 0.29) is 5.91 Å². The smallest absolute Gasteiger partial charge is 0.224 e. The number of hydrogen-bond donors (Lipinski definition) is 1. The third-order valence-corrected chi connectivity index (χ3v) is 3.87. The largest absolute Gasteiger partial charge is 0.469 e. The first-order chi connectivity index (χ1) is 10.2. The minimum atomic E-state index is -0.0157. The quantitative estimate of drug-likeness (QED) is 0.845. The molecule has 0 fully saturated rings. The van der Waals surface area contributed by atoms with Crippen LogP contribution in [-0.2, 0) is 24.1 Å². The zero-order chi connectivity index (χ0) is 15.2. The SMILES string of the molecule is CCc1ccc(Cl)c(CC)c1NC(=O)CCc1ccco1. The Hall–Kier alpha value is -1.74. The van der Waals surface area contributed by atoms with Crippen LogP contribution in [0.3, 0.4) is 0 Å². The first-order valence-electron chi connectivity index (χ1n) is 7.28. The molecule has 4 heteroatoms. The molecule has 0 bridgehead atoms. The van der Waals surface area contributed by atoms with Gasteiger partial charge >= 0.3 is 0 Å². The van der Waals surface area contributed by atoms with E-state index in [4.69, 9.17) is 16.0 Å². The fourth-order valence-electron chi connectivity index (χ4n) is 2.36. The van der Waals surface area contributed by atoms with E-state index in [9.17, 15) is 4.79 Å². The van der Waals surface area contributed by atoms with Gasteiger partial charge in [0.2, 0.25) is 5.91 Å². The molecule has 2 aromatic rings. The highest BCUT2D eigenvalue weighted by Gasteiger charge is 2.13. The Morgan fingerprint density at radius 3 is 2.67 bits per heavy atom. The van der Waals surface area contributed by atoms with Crippen molar-refractivity contribution in [3.8, 4) is 0 Å². The Kier molecular flexibility index (Phi) is 5.45. The Morgan fingerprint density at radius 1 is 1.24 bits per heavy atom. The number of aryl methyl sites for hydroxylation is 2. The van der Waals surface area contributed by atoms with Crippen LogP contribution in [0.1, 0.15) is 37.2 Å². The van der Waals surface area contributed by atoms with Crippen LogP contribution < -0.4 is 5.32 Å². The third-order valence-electron chi connectivity index (χ3n) is 3.52. The van der Waals surface area contributed by atoms with E-state index in [0.717, 1.165) is 35.4 Å². The second-order valence-electron chi connectivity index (χ2n) is 4.89. The predicted molar refractivity (Wildman–Crippen MR) is 85.9 cm³/mol. The Morgan fingerprint density at radius 2 is 2.05 bits per heavy atom. The standard InChI is InChI=1S/C17H20ClNO2/c1-3-12-7-9-15(18)14(4-2)17(12)19-16(20)10-8-13-6-5-11-21-13/h5-7,9,11H,3-4,8,10H2,1-2H3,(H,19,20). The van der Waals surface area contributed by atoms with Gasteiger partial charge in [0, 0.05) is 23.6 Å². The van der Waals surface area contributed by atoms with Gasteiger partial charge in [-0.2, -0.15) is 0 Å². The van der Waals surface area contributed by atoms with Crippen LogP contribution in [0.4, 0.5) is 5.69 Å². The molecule has 0 saturated carbocycles. The number of hydrogen-bond acceptors (Lipinski definition) is 2. The van der Waals surface area contributed by atoms with Crippen molar-refractivity contribution in [3.63, 3.8) is 0 Å². The van der Waals surface area contributed by atoms with Crippen molar-refractivity contribution < 1.29 is 9.21 Å². The number of carbonyl (C=O) groups is 1. The molecule has 0 saturated heterocycles. The lowest BCUT2D eigenvalue weighted by atomic mass is 10.0. The molecule has 1 aromatic carbocycles. The summed E-state index contributed by atoms with van der Waals surface area (Å²) in [5.41, 5.74) is 2.99. The number of halogens is 1. The average Bonchev–Trinajstić information content (AvgIpc) is 2.99. The lowest BCUT2D eigenvalue weighted by Gasteiger charge is -2.15. The van der Waals surface area contributed by atoms with Crippen LogP contribution in [0.5, 0.6) is 0 Å².